The number of rotatable bonds is 4. The van der Waals surface area contributed by atoms with E-state index in [4.69, 9.17) is 9.47 Å². The molecule has 5 heteroatoms. The lowest BCUT2D eigenvalue weighted by Crippen LogP contribution is -2.08. The van der Waals surface area contributed by atoms with Crippen LogP contribution in [0.2, 0.25) is 0 Å². The third-order valence-electron chi connectivity index (χ3n) is 4.41. The maximum absolute atomic E-state index is 12.7. The van der Waals surface area contributed by atoms with Gasteiger partial charge in [0.05, 0.1) is 11.1 Å². The summed E-state index contributed by atoms with van der Waals surface area (Å²) in [5.74, 6) is 0.233. The molecule has 5 nitrogen and oxygen atoms in total. The third-order valence-corrected chi connectivity index (χ3v) is 4.41. The Morgan fingerprint density at radius 3 is 2.59 bits per heavy atom. The van der Waals surface area contributed by atoms with Gasteiger partial charge >= 0.3 is 5.97 Å². The van der Waals surface area contributed by atoms with E-state index in [0.717, 1.165) is 5.56 Å². The van der Waals surface area contributed by atoms with Gasteiger partial charge < -0.3 is 9.47 Å². The van der Waals surface area contributed by atoms with Gasteiger partial charge in [-0.2, -0.15) is 0 Å². The van der Waals surface area contributed by atoms with Crippen LogP contribution in [0, 0.1) is 6.92 Å². The molecule has 0 saturated carbocycles. The van der Waals surface area contributed by atoms with Crippen molar-refractivity contribution in [2.45, 2.75) is 6.92 Å². The lowest BCUT2D eigenvalue weighted by atomic mass is 10.0. The molecule has 0 N–H and O–H groups in total. The van der Waals surface area contributed by atoms with Crippen LogP contribution in [0.4, 0.5) is 0 Å². The van der Waals surface area contributed by atoms with Crippen molar-refractivity contribution in [3.05, 3.63) is 107 Å². The summed E-state index contributed by atoms with van der Waals surface area (Å²) in [6.45, 7) is 1.78. The first-order valence-corrected chi connectivity index (χ1v) is 9.04. The minimum Gasteiger partial charge on any atom is -0.452 e. The number of ketones is 1. The summed E-state index contributed by atoms with van der Waals surface area (Å²) in [7, 11) is 0. The van der Waals surface area contributed by atoms with E-state index in [1.54, 1.807) is 43.3 Å². The summed E-state index contributed by atoms with van der Waals surface area (Å²) in [6, 6.07) is 16.1. The Labute approximate surface area is 167 Å². The molecule has 3 aromatic rings. The second-order valence-electron chi connectivity index (χ2n) is 6.47. The van der Waals surface area contributed by atoms with Crippen molar-refractivity contribution in [2.24, 2.45) is 0 Å². The van der Waals surface area contributed by atoms with E-state index in [9.17, 15) is 9.59 Å². The van der Waals surface area contributed by atoms with E-state index in [1.807, 2.05) is 36.4 Å². The van der Waals surface area contributed by atoms with E-state index in [1.165, 1.54) is 12.4 Å². The number of carbonyl (C=O) groups excluding carboxylic acids is 2. The summed E-state index contributed by atoms with van der Waals surface area (Å²) in [4.78, 5) is 28.8. The van der Waals surface area contributed by atoms with Crippen LogP contribution in [0.15, 0.2) is 84.9 Å². The van der Waals surface area contributed by atoms with E-state index >= 15 is 0 Å². The van der Waals surface area contributed by atoms with Crippen LogP contribution in [0.1, 0.15) is 31.8 Å². The first kappa shape index (κ1) is 18.4. The number of carbonyl (C=O) groups is 2. The molecule has 0 amide bonds. The minimum atomic E-state index is -0.502. The van der Waals surface area contributed by atoms with Gasteiger partial charge in [0, 0.05) is 18.5 Å². The van der Waals surface area contributed by atoms with Crippen molar-refractivity contribution in [1.82, 2.24) is 4.98 Å². The van der Waals surface area contributed by atoms with Crippen molar-refractivity contribution in [3.63, 3.8) is 0 Å². The SMILES string of the molecule is Cc1cc(OC(=O)c2ccncc2)cc2c1C(=O)/C(=C/C=C/c1ccccc1)O2. The Hall–Kier alpha value is -3.99. The van der Waals surface area contributed by atoms with E-state index < -0.39 is 5.97 Å². The molecule has 142 valence electrons. The number of nitrogens with zero attached hydrogens (tertiary/aromatic N) is 1. The molecule has 29 heavy (non-hydrogen) atoms. The largest absolute Gasteiger partial charge is 0.452 e. The minimum absolute atomic E-state index is 0.192. The Kier molecular flexibility index (Phi) is 5.03. The second-order valence-corrected chi connectivity index (χ2v) is 6.47. The van der Waals surface area contributed by atoms with Crippen molar-refractivity contribution in [2.75, 3.05) is 0 Å². The topological polar surface area (TPSA) is 65.5 Å². The Bertz CT molecular complexity index is 1130. The fourth-order valence-corrected chi connectivity index (χ4v) is 3.02. The molecule has 2 heterocycles. The first-order chi connectivity index (χ1) is 14.1. The molecule has 0 unspecified atom stereocenters. The van der Waals surface area contributed by atoms with Gasteiger partial charge in [0.25, 0.3) is 0 Å². The molecule has 4 rings (SSSR count). The molecule has 1 aliphatic heterocycles. The molecule has 0 bridgehead atoms. The van der Waals surface area contributed by atoms with E-state index in [0.29, 0.717) is 28.2 Å². The first-order valence-electron chi connectivity index (χ1n) is 9.04. The molecule has 0 aliphatic carbocycles. The van der Waals surface area contributed by atoms with Crippen LogP contribution >= 0.6 is 0 Å². The summed E-state index contributed by atoms with van der Waals surface area (Å²) in [5.41, 5.74) is 2.57. The van der Waals surface area contributed by atoms with Crippen molar-refractivity contribution in [3.8, 4) is 11.5 Å². The van der Waals surface area contributed by atoms with Crippen LogP contribution in [-0.4, -0.2) is 16.7 Å². The van der Waals surface area contributed by atoms with Crippen molar-refractivity contribution < 1.29 is 19.1 Å². The van der Waals surface area contributed by atoms with Gasteiger partial charge in [-0.05, 0) is 42.3 Å². The molecule has 0 saturated heterocycles. The number of hydrogen-bond acceptors (Lipinski definition) is 5. The lowest BCUT2D eigenvalue weighted by Gasteiger charge is -2.07. The summed E-state index contributed by atoms with van der Waals surface area (Å²) >= 11 is 0. The molecule has 0 fully saturated rings. The number of fused-ring (bicyclic) bond motifs is 1. The number of aromatic nitrogens is 1. The quantitative estimate of drug-likeness (QED) is 0.368. The van der Waals surface area contributed by atoms with Crippen molar-refractivity contribution in [1.29, 1.82) is 0 Å². The fourth-order valence-electron chi connectivity index (χ4n) is 3.02. The predicted molar refractivity (Wildman–Crippen MR) is 109 cm³/mol. The normalized spacial score (nSPS) is 14.1. The lowest BCUT2D eigenvalue weighted by molar-refractivity contribution is 0.0734. The zero-order chi connectivity index (χ0) is 20.2. The van der Waals surface area contributed by atoms with Gasteiger partial charge in [-0.1, -0.05) is 42.5 Å². The fraction of sp³-hybridized carbons (Fsp3) is 0.0417. The van der Waals surface area contributed by atoms with Crippen LogP contribution in [0.5, 0.6) is 11.5 Å². The van der Waals surface area contributed by atoms with E-state index in [-0.39, 0.29) is 11.5 Å². The summed E-state index contributed by atoms with van der Waals surface area (Å²) in [5, 5.41) is 0. The number of benzene rings is 2. The average molecular weight is 383 g/mol. The molecule has 1 aromatic heterocycles. The zero-order valence-electron chi connectivity index (χ0n) is 15.7. The molecule has 1 aliphatic rings. The van der Waals surface area contributed by atoms with Crippen LogP contribution in [-0.2, 0) is 0 Å². The predicted octanol–water partition coefficient (Wildman–Crippen LogP) is 4.78. The van der Waals surface area contributed by atoms with Gasteiger partial charge in [0.1, 0.15) is 11.5 Å². The Morgan fingerprint density at radius 1 is 1.07 bits per heavy atom. The third kappa shape index (κ3) is 3.99. The number of pyridine rings is 1. The second kappa shape index (κ2) is 7.94. The molecular weight excluding hydrogens is 366 g/mol. The molecule has 0 spiro atoms. The van der Waals surface area contributed by atoms with Crippen LogP contribution < -0.4 is 9.47 Å². The van der Waals surface area contributed by atoms with Gasteiger partial charge in [0.15, 0.2) is 5.76 Å². The molecular formula is C24H17NO4. The number of Topliss-reactive ketones (excluding diaryl/α,β-unsaturated/α-hetero) is 1. The van der Waals surface area contributed by atoms with Gasteiger partial charge in [0.2, 0.25) is 5.78 Å². The number of esters is 1. The number of aryl methyl sites for hydroxylation is 1. The monoisotopic (exact) mass is 383 g/mol. The number of hydrogen-bond donors (Lipinski definition) is 0. The van der Waals surface area contributed by atoms with Gasteiger partial charge in [-0.3, -0.25) is 9.78 Å². The zero-order valence-corrected chi connectivity index (χ0v) is 15.7. The average Bonchev–Trinajstić information content (AvgIpc) is 3.05. The Morgan fingerprint density at radius 2 is 1.83 bits per heavy atom. The van der Waals surface area contributed by atoms with Gasteiger partial charge in [-0.25, -0.2) is 4.79 Å². The highest BCUT2D eigenvalue weighted by molar-refractivity contribution is 6.13. The van der Waals surface area contributed by atoms with E-state index in [2.05, 4.69) is 4.98 Å². The highest BCUT2D eigenvalue weighted by atomic mass is 16.5. The molecule has 0 atom stereocenters. The molecule has 2 aromatic carbocycles. The highest BCUT2D eigenvalue weighted by Crippen LogP contribution is 2.37. The maximum atomic E-state index is 12.7. The number of allylic oxidation sites excluding steroid dienone is 3. The smallest absolute Gasteiger partial charge is 0.343 e. The summed E-state index contributed by atoms with van der Waals surface area (Å²) < 4.78 is 11.1. The van der Waals surface area contributed by atoms with Crippen molar-refractivity contribution >= 4 is 17.8 Å². The Balaban J connectivity index is 1.54. The van der Waals surface area contributed by atoms with Gasteiger partial charge in [-0.15, -0.1) is 0 Å². The maximum Gasteiger partial charge on any atom is 0.343 e. The number of ether oxygens (including phenoxy) is 2. The molecule has 0 radical (unpaired) electrons. The highest BCUT2D eigenvalue weighted by Gasteiger charge is 2.29. The van der Waals surface area contributed by atoms with Crippen LogP contribution in [0.3, 0.4) is 0 Å². The standard InChI is InChI=1S/C24H17NO4/c1-16-14-19(28-24(27)18-10-12-25-13-11-18)15-21-22(16)23(26)20(29-21)9-5-8-17-6-3-2-4-7-17/h2-15H,1H3/b8-5+,20-9-. The van der Waals surface area contributed by atoms with Crippen LogP contribution in [0.25, 0.3) is 6.08 Å². The summed E-state index contributed by atoms with van der Waals surface area (Å²) in [6.07, 6.45) is 8.34.